The highest BCUT2D eigenvalue weighted by Gasteiger charge is 2.34. The fourth-order valence-corrected chi connectivity index (χ4v) is 3.68. The predicted octanol–water partition coefficient (Wildman–Crippen LogP) is 3.19. The van der Waals surface area contributed by atoms with E-state index in [1.165, 1.54) is 29.7 Å². The number of benzene rings is 1. The number of hydrogen-bond acceptors (Lipinski definition) is 5. The first-order chi connectivity index (χ1) is 14.3. The summed E-state index contributed by atoms with van der Waals surface area (Å²) in [5.74, 6) is -0.279. The zero-order chi connectivity index (χ0) is 21.5. The Morgan fingerprint density at radius 2 is 2.00 bits per heavy atom. The lowest BCUT2D eigenvalue weighted by Crippen LogP contribution is -2.49. The van der Waals surface area contributed by atoms with E-state index in [-0.39, 0.29) is 22.6 Å². The van der Waals surface area contributed by atoms with Gasteiger partial charge in [-0.25, -0.2) is 4.98 Å². The first-order valence-electron chi connectivity index (χ1n) is 9.53. The van der Waals surface area contributed by atoms with Gasteiger partial charge in [0.05, 0.1) is 24.1 Å². The molecule has 3 heterocycles. The SMILES string of the molecule is COc1ccc(-c2cc(=O)n3cc(N4CCN[C@H](C)C4)ccc3n2)cc1C(F)(F)F. The van der Waals surface area contributed by atoms with Crippen molar-refractivity contribution in [1.82, 2.24) is 14.7 Å². The number of rotatable bonds is 3. The lowest BCUT2D eigenvalue weighted by Gasteiger charge is -2.33. The number of alkyl halides is 3. The number of aromatic nitrogens is 2. The number of ether oxygens (including phenoxy) is 1. The molecule has 9 heteroatoms. The Morgan fingerprint density at radius 1 is 1.20 bits per heavy atom. The van der Waals surface area contributed by atoms with Crippen molar-refractivity contribution in [2.45, 2.75) is 19.1 Å². The minimum Gasteiger partial charge on any atom is -0.496 e. The molecule has 3 aromatic rings. The molecule has 0 unspecified atom stereocenters. The topological polar surface area (TPSA) is 58.9 Å². The molecule has 1 aromatic carbocycles. The van der Waals surface area contributed by atoms with E-state index in [1.54, 1.807) is 12.3 Å². The molecule has 4 rings (SSSR count). The van der Waals surface area contributed by atoms with Crippen molar-refractivity contribution in [3.05, 3.63) is 58.5 Å². The lowest BCUT2D eigenvalue weighted by atomic mass is 10.1. The van der Waals surface area contributed by atoms with Crippen LogP contribution in [0.5, 0.6) is 5.75 Å². The summed E-state index contributed by atoms with van der Waals surface area (Å²) < 4.78 is 46.2. The predicted molar refractivity (Wildman–Crippen MR) is 108 cm³/mol. The minimum absolute atomic E-state index is 0.177. The lowest BCUT2D eigenvalue weighted by molar-refractivity contribution is -0.138. The molecule has 2 aromatic heterocycles. The Hall–Kier alpha value is -3.07. The van der Waals surface area contributed by atoms with Gasteiger partial charge in [0.25, 0.3) is 5.56 Å². The van der Waals surface area contributed by atoms with Crippen molar-refractivity contribution in [2.75, 3.05) is 31.6 Å². The zero-order valence-corrected chi connectivity index (χ0v) is 16.5. The molecule has 1 saturated heterocycles. The standard InChI is InChI=1S/C21H21F3N4O2/c1-13-11-27(8-7-25-13)15-4-6-19-26-17(10-20(29)28(19)12-15)14-3-5-18(30-2)16(9-14)21(22,23)24/h3-6,9-10,12-13,25H,7-8,11H2,1-2H3/t13-/m1/s1. The molecule has 0 aliphatic carbocycles. The number of anilines is 1. The highest BCUT2D eigenvalue weighted by atomic mass is 19.4. The van der Waals surface area contributed by atoms with Crippen LogP contribution < -0.4 is 20.5 Å². The van der Waals surface area contributed by atoms with Crippen molar-refractivity contribution >= 4 is 11.3 Å². The van der Waals surface area contributed by atoms with E-state index in [4.69, 9.17) is 4.74 Å². The molecular weight excluding hydrogens is 397 g/mol. The number of methoxy groups -OCH3 is 1. The van der Waals surface area contributed by atoms with Gasteiger partial charge in [-0.1, -0.05) is 0 Å². The number of fused-ring (bicyclic) bond motifs is 1. The summed E-state index contributed by atoms with van der Waals surface area (Å²) in [6.45, 7) is 4.58. The Labute approximate surface area is 170 Å². The number of halogens is 3. The molecule has 0 bridgehead atoms. The second-order valence-electron chi connectivity index (χ2n) is 7.31. The van der Waals surface area contributed by atoms with Crippen molar-refractivity contribution in [3.8, 4) is 17.0 Å². The first kappa shape index (κ1) is 20.2. The normalized spacial score (nSPS) is 17.4. The number of pyridine rings is 1. The third-order valence-electron chi connectivity index (χ3n) is 5.18. The van der Waals surface area contributed by atoms with E-state index in [1.807, 2.05) is 6.07 Å². The van der Waals surface area contributed by atoms with Gasteiger partial charge < -0.3 is 15.0 Å². The van der Waals surface area contributed by atoms with E-state index in [2.05, 4.69) is 22.1 Å². The molecule has 0 amide bonds. The average molecular weight is 418 g/mol. The quantitative estimate of drug-likeness (QED) is 0.708. The molecule has 1 fully saturated rings. The summed E-state index contributed by atoms with van der Waals surface area (Å²) in [6.07, 6.45) is -2.86. The molecule has 0 spiro atoms. The maximum atomic E-state index is 13.3. The molecule has 1 atom stereocenters. The van der Waals surface area contributed by atoms with Crippen molar-refractivity contribution in [1.29, 1.82) is 0 Å². The van der Waals surface area contributed by atoms with Gasteiger partial charge in [-0.05, 0) is 37.3 Å². The van der Waals surface area contributed by atoms with Crippen molar-refractivity contribution in [3.63, 3.8) is 0 Å². The van der Waals surface area contributed by atoms with Crippen LogP contribution in [0.1, 0.15) is 12.5 Å². The Kier molecular flexibility index (Phi) is 5.15. The molecule has 158 valence electrons. The monoisotopic (exact) mass is 418 g/mol. The molecule has 1 N–H and O–H groups in total. The molecule has 0 radical (unpaired) electrons. The number of piperazine rings is 1. The average Bonchev–Trinajstić information content (AvgIpc) is 2.72. The molecule has 1 aliphatic rings. The van der Waals surface area contributed by atoms with Gasteiger partial charge in [-0.2, -0.15) is 13.2 Å². The van der Waals surface area contributed by atoms with Crippen LogP contribution in [0.4, 0.5) is 18.9 Å². The maximum Gasteiger partial charge on any atom is 0.419 e. The van der Waals surface area contributed by atoms with E-state index in [9.17, 15) is 18.0 Å². The van der Waals surface area contributed by atoms with E-state index < -0.39 is 11.7 Å². The molecule has 30 heavy (non-hydrogen) atoms. The van der Waals surface area contributed by atoms with Crippen LogP contribution in [0, 0.1) is 0 Å². The van der Waals surface area contributed by atoms with E-state index >= 15 is 0 Å². The van der Waals surface area contributed by atoms with Crippen LogP contribution >= 0.6 is 0 Å². The number of nitrogens with one attached hydrogen (secondary N) is 1. The van der Waals surface area contributed by atoms with Crippen molar-refractivity contribution in [2.24, 2.45) is 0 Å². The Bertz CT molecular complexity index is 1140. The van der Waals surface area contributed by atoms with Crippen LogP contribution in [0.3, 0.4) is 0 Å². The largest absolute Gasteiger partial charge is 0.496 e. The highest BCUT2D eigenvalue weighted by Crippen LogP contribution is 2.38. The van der Waals surface area contributed by atoms with Gasteiger partial charge in [-0.3, -0.25) is 9.20 Å². The summed E-state index contributed by atoms with van der Waals surface area (Å²) in [5.41, 5.74) is 0.377. The number of nitrogens with zero attached hydrogens (tertiary/aromatic N) is 3. The van der Waals surface area contributed by atoms with Gasteiger partial charge in [-0.15, -0.1) is 0 Å². The summed E-state index contributed by atoms with van der Waals surface area (Å²) in [6, 6.07) is 8.82. The fourth-order valence-electron chi connectivity index (χ4n) is 3.68. The third kappa shape index (κ3) is 3.85. The van der Waals surface area contributed by atoms with E-state index in [0.717, 1.165) is 31.4 Å². The Morgan fingerprint density at radius 3 is 2.70 bits per heavy atom. The summed E-state index contributed by atoms with van der Waals surface area (Å²) in [7, 11) is 1.18. The summed E-state index contributed by atoms with van der Waals surface area (Å²) in [5, 5.41) is 3.37. The van der Waals surface area contributed by atoms with Crippen LogP contribution in [0.2, 0.25) is 0 Å². The maximum absolute atomic E-state index is 13.3. The summed E-state index contributed by atoms with van der Waals surface area (Å²) in [4.78, 5) is 19.3. The molecule has 1 aliphatic heterocycles. The number of hydrogen-bond donors (Lipinski definition) is 1. The van der Waals surface area contributed by atoms with Gasteiger partial charge in [0.1, 0.15) is 11.4 Å². The van der Waals surface area contributed by atoms with Crippen molar-refractivity contribution < 1.29 is 17.9 Å². The fraction of sp³-hybridized carbons (Fsp3) is 0.333. The molecule has 0 saturated carbocycles. The van der Waals surface area contributed by atoms with Crippen LogP contribution in [-0.2, 0) is 6.18 Å². The van der Waals surface area contributed by atoms with Gasteiger partial charge in [0.15, 0.2) is 0 Å². The van der Waals surface area contributed by atoms with Gasteiger partial charge >= 0.3 is 6.18 Å². The second kappa shape index (κ2) is 7.64. The van der Waals surface area contributed by atoms with Gasteiger partial charge in [0.2, 0.25) is 0 Å². The third-order valence-corrected chi connectivity index (χ3v) is 5.18. The van der Waals surface area contributed by atoms with Gasteiger partial charge in [0, 0.05) is 43.5 Å². The molecular formula is C21H21F3N4O2. The van der Waals surface area contributed by atoms with Crippen LogP contribution in [0.15, 0.2) is 47.4 Å². The Balaban J connectivity index is 1.75. The molecule has 6 nitrogen and oxygen atoms in total. The second-order valence-corrected chi connectivity index (χ2v) is 7.31. The first-order valence-corrected chi connectivity index (χ1v) is 9.53. The smallest absolute Gasteiger partial charge is 0.419 e. The van der Waals surface area contributed by atoms with E-state index in [0.29, 0.717) is 11.7 Å². The minimum atomic E-state index is -4.58. The summed E-state index contributed by atoms with van der Waals surface area (Å²) >= 11 is 0. The zero-order valence-electron chi connectivity index (χ0n) is 16.5. The van der Waals surface area contributed by atoms with Crippen LogP contribution in [-0.4, -0.2) is 42.2 Å². The highest BCUT2D eigenvalue weighted by molar-refractivity contribution is 5.65. The van der Waals surface area contributed by atoms with Crippen LogP contribution in [0.25, 0.3) is 16.9 Å².